The van der Waals surface area contributed by atoms with Crippen LogP contribution in [-0.2, 0) is 0 Å². The lowest BCUT2D eigenvalue weighted by Crippen LogP contribution is -1.95. The maximum absolute atomic E-state index is 11.5. The van der Waals surface area contributed by atoms with Crippen LogP contribution in [0.2, 0.25) is 0 Å². The van der Waals surface area contributed by atoms with Crippen LogP contribution in [0, 0.1) is 0 Å². The molecule has 2 aromatic rings. The lowest BCUT2D eigenvalue weighted by molar-refractivity contribution is 0.0988. The van der Waals surface area contributed by atoms with Gasteiger partial charge in [-0.2, -0.15) is 0 Å². The Morgan fingerprint density at radius 1 is 1.13 bits per heavy atom. The first-order chi connectivity index (χ1) is 7.20. The van der Waals surface area contributed by atoms with Crippen LogP contribution in [0.3, 0.4) is 0 Å². The van der Waals surface area contributed by atoms with E-state index in [1.807, 2.05) is 25.1 Å². The van der Waals surface area contributed by atoms with Crippen molar-refractivity contribution >= 4 is 16.6 Å². The number of rotatable bonds is 2. The molecule has 0 spiro atoms. The molecular weight excluding hydrogens is 188 g/mol. The molecule has 0 aromatic heterocycles. The van der Waals surface area contributed by atoms with Gasteiger partial charge in [-0.05, 0) is 29.0 Å². The van der Waals surface area contributed by atoms with Gasteiger partial charge in [0.15, 0.2) is 5.78 Å². The third-order valence-electron chi connectivity index (χ3n) is 2.47. The Balaban J connectivity index is 2.57. The topological polar surface area (TPSA) is 37.3 Å². The van der Waals surface area contributed by atoms with Crippen LogP contribution in [0.5, 0.6) is 5.75 Å². The van der Waals surface area contributed by atoms with Crippen LogP contribution < -0.4 is 0 Å². The van der Waals surface area contributed by atoms with Crippen LogP contribution in [-0.4, -0.2) is 10.9 Å². The summed E-state index contributed by atoms with van der Waals surface area (Å²) in [5.41, 5.74) is 0.732. The number of carbonyl (C=O) groups excluding carboxylic acids is 1. The number of aromatic hydroxyl groups is 1. The quantitative estimate of drug-likeness (QED) is 0.756. The van der Waals surface area contributed by atoms with Crippen molar-refractivity contribution in [3.63, 3.8) is 0 Å². The Hall–Kier alpha value is -1.83. The molecule has 0 saturated carbocycles. The number of carbonyl (C=O) groups is 1. The molecule has 0 radical (unpaired) electrons. The summed E-state index contributed by atoms with van der Waals surface area (Å²) in [6.45, 7) is 1.85. The van der Waals surface area contributed by atoms with E-state index < -0.39 is 0 Å². The first-order valence-corrected chi connectivity index (χ1v) is 4.96. The minimum atomic E-state index is 0.143. The highest BCUT2D eigenvalue weighted by Gasteiger charge is 2.03. The van der Waals surface area contributed by atoms with Crippen molar-refractivity contribution in [3.05, 3.63) is 42.0 Å². The minimum absolute atomic E-state index is 0.143. The number of benzene rings is 2. The van der Waals surface area contributed by atoms with Crippen LogP contribution in [0.4, 0.5) is 0 Å². The predicted molar refractivity (Wildman–Crippen MR) is 60.2 cm³/mol. The third kappa shape index (κ3) is 1.84. The van der Waals surface area contributed by atoms with E-state index in [2.05, 4.69) is 0 Å². The first-order valence-electron chi connectivity index (χ1n) is 4.96. The Labute approximate surface area is 88.2 Å². The van der Waals surface area contributed by atoms with Gasteiger partial charge in [0.1, 0.15) is 5.75 Å². The van der Waals surface area contributed by atoms with Crippen molar-refractivity contribution in [2.75, 3.05) is 0 Å². The summed E-state index contributed by atoms with van der Waals surface area (Å²) in [6, 6.07) is 10.7. The normalized spacial score (nSPS) is 10.5. The van der Waals surface area contributed by atoms with E-state index in [4.69, 9.17) is 0 Å². The number of phenolic OH excluding ortho intramolecular Hbond substituents is 1. The zero-order valence-electron chi connectivity index (χ0n) is 8.53. The van der Waals surface area contributed by atoms with Crippen LogP contribution in [0.15, 0.2) is 36.4 Å². The molecule has 15 heavy (non-hydrogen) atoms. The summed E-state index contributed by atoms with van der Waals surface area (Å²) < 4.78 is 0. The summed E-state index contributed by atoms with van der Waals surface area (Å²) >= 11 is 0. The molecule has 0 saturated heterocycles. The van der Waals surface area contributed by atoms with Gasteiger partial charge in [0.2, 0.25) is 0 Å². The second-order valence-electron chi connectivity index (χ2n) is 3.52. The van der Waals surface area contributed by atoms with Gasteiger partial charge in [-0.1, -0.05) is 25.1 Å². The molecule has 0 unspecified atom stereocenters. The highest BCUT2D eigenvalue weighted by atomic mass is 16.3. The highest BCUT2D eigenvalue weighted by molar-refractivity contribution is 5.99. The fourth-order valence-corrected chi connectivity index (χ4v) is 1.61. The summed E-state index contributed by atoms with van der Waals surface area (Å²) in [7, 11) is 0. The van der Waals surface area contributed by atoms with Crippen molar-refractivity contribution in [2.24, 2.45) is 0 Å². The molecule has 0 atom stereocenters. The van der Waals surface area contributed by atoms with Crippen LogP contribution in [0.25, 0.3) is 10.8 Å². The molecule has 2 rings (SSSR count). The number of fused-ring (bicyclic) bond motifs is 1. The van der Waals surface area contributed by atoms with Crippen LogP contribution in [0.1, 0.15) is 23.7 Å². The summed E-state index contributed by atoms with van der Waals surface area (Å²) in [4.78, 5) is 11.5. The molecule has 0 aliphatic carbocycles. The average molecular weight is 200 g/mol. The summed E-state index contributed by atoms with van der Waals surface area (Å²) in [6.07, 6.45) is 0.517. The average Bonchev–Trinajstić information content (AvgIpc) is 2.27. The van der Waals surface area contributed by atoms with E-state index >= 15 is 0 Å². The van der Waals surface area contributed by atoms with Crippen molar-refractivity contribution in [1.29, 1.82) is 0 Å². The maximum Gasteiger partial charge on any atom is 0.162 e. The largest absolute Gasteiger partial charge is 0.508 e. The molecule has 1 N–H and O–H groups in total. The standard InChI is InChI=1S/C13H12O2/c1-2-13(15)11-4-3-10-8-12(14)6-5-9(10)7-11/h3-8,14H,2H2,1H3. The molecule has 0 amide bonds. The van der Waals surface area contributed by atoms with E-state index in [-0.39, 0.29) is 11.5 Å². The Bertz CT molecular complexity index is 515. The van der Waals surface area contributed by atoms with Crippen molar-refractivity contribution in [2.45, 2.75) is 13.3 Å². The predicted octanol–water partition coefficient (Wildman–Crippen LogP) is 3.14. The summed E-state index contributed by atoms with van der Waals surface area (Å²) in [5.74, 6) is 0.391. The number of hydrogen-bond acceptors (Lipinski definition) is 2. The van der Waals surface area contributed by atoms with Gasteiger partial charge in [0.25, 0.3) is 0 Å². The third-order valence-corrected chi connectivity index (χ3v) is 2.47. The Morgan fingerprint density at radius 2 is 1.80 bits per heavy atom. The second kappa shape index (κ2) is 3.73. The van der Waals surface area contributed by atoms with Gasteiger partial charge in [0.05, 0.1) is 0 Å². The number of hydrogen-bond donors (Lipinski definition) is 1. The van der Waals surface area contributed by atoms with E-state index in [0.29, 0.717) is 6.42 Å². The first kappa shape index (κ1) is 9.71. The van der Waals surface area contributed by atoms with Gasteiger partial charge in [-0.3, -0.25) is 4.79 Å². The van der Waals surface area contributed by atoms with E-state index in [9.17, 15) is 9.90 Å². The van der Waals surface area contributed by atoms with Crippen molar-refractivity contribution in [3.8, 4) is 5.75 Å². The monoisotopic (exact) mass is 200 g/mol. The van der Waals surface area contributed by atoms with Gasteiger partial charge in [0, 0.05) is 12.0 Å². The fraction of sp³-hybridized carbons (Fsp3) is 0.154. The van der Waals surface area contributed by atoms with E-state index in [1.54, 1.807) is 18.2 Å². The maximum atomic E-state index is 11.5. The molecule has 0 heterocycles. The van der Waals surface area contributed by atoms with Crippen molar-refractivity contribution < 1.29 is 9.90 Å². The van der Waals surface area contributed by atoms with Gasteiger partial charge < -0.3 is 5.11 Å². The van der Waals surface area contributed by atoms with Gasteiger partial charge in [-0.25, -0.2) is 0 Å². The smallest absolute Gasteiger partial charge is 0.162 e. The van der Waals surface area contributed by atoms with E-state index in [0.717, 1.165) is 16.3 Å². The van der Waals surface area contributed by atoms with Crippen LogP contribution >= 0.6 is 0 Å². The summed E-state index contributed by atoms with van der Waals surface area (Å²) in [5, 5.41) is 11.2. The molecule has 0 fully saturated rings. The lowest BCUT2D eigenvalue weighted by Gasteiger charge is -2.02. The molecule has 0 aliphatic heterocycles. The minimum Gasteiger partial charge on any atom is -0.508 e. The Morgan fingerprint density at radius 3 is 2.53 bits per heavy atom. The zero-order valence-corrected chi connectivity index (χ0v) is 8.53. The van der Waals surface area contributed by atoms with Gasteiger partial charge in [-0.15, -0.1) is 0 Å². The molecule has 0 bridgehead atoms. The molecule has 0 aliphatic rings. The molecule has 2 nitrogen and oxygen atoms in total. The van der Waals surface area contributed by atoms with Crippen molar-refractivity contribution in [1.82, 2.24) is 0 Å². The lowest BCUT2D eigenvalue weighted by atomic mass is 10.0. The molecular formula is C13H12O2. The molecule has 2 heteroatoms. The Kier molecular flexibility index (Phi) is 2.42. The SMILES string of the molecule is CCC(=O)c1ccc2cc(O)ccc2c1. The van der Waals surface area contributed by atoms with E-state index in [1.165, 1.54) is 0 Å². The molecule has 76 valence electrons. The second-order valence-corrected chi connectivity index (χ2v) is 3.52. The number of ketones is 1. The highest BCUT2D eigenvalue weighted by Crippen LogP contribution is 2.21. The fourth-order valence-electron chi connectivity index (χ4n) is 1.61. The molecule has 2 aromatic carbocycles. The number of phenols is 1. The number of Topliss-reactive ketones (excluding diaryl/α,β-unsaturated/α-hetero) is 1. The van der Waals surface area contributed by atoms with Gasteiger partial charge >= 0.3 is 0 Å². The zero-order chi connectivity index (χ0) is 10.8.